The standard InChI is InChI=1S/C13H15N3O2S/c14-9-1-2-12-10(7-9)11(8-15-12)13(17)16-3-5-19(18)6-4-16/h1-2,7-8,15H,3-6,14H2. The molecule has 1 saturated heterocycles. The van der Waals surface area contributed by atoms with Crippen LogP contribution >= 0.6 is 0 Å². The molecule has 100 valence electrons. The molecule has 19 heavy (non-hydrogen) atoms. The Balaban J connectivity index is 1.93. The Morgan fingerprint density at radius 2 is 2.05 bits per heavy atom. The summed E-state index contributed by atoms with van der Waals surface area (Å²) < 4.78 is 11.3. The fraction of sp³-hybridized carbons (Fsp3) is 0.308. The molecule has 3 N–H and O–H groups in total. The number of nitrogen functional groups attached to an aromatic ring is 1. The van der Waals surface area contributed by atoms with Crippen molar-refractivity contribution in [2.75, 3.05) is 30.3 Å². The van der Waals surface area contributed by atoms with Crippen LogP contribution in [0.15, 0.2) is 24.4 Å². The number of aromatic nitrogens is 1. The first kappa shape index (κ1) is 12.2. The number of anilines is 1. The Morgan fingerprint density at radius 3 is 2.79 bits per heavy atom. The molecule has 5 nitrogen and oxygen atoms in total. The van der Waals surface area contributed by atoms with Crippen molar-refractivity contribution in [2.45, 2.75) is 0 Å². The largest absolute Gasteiger partial charge is 0.399 e. The molecule has 2 heterocycles. The number of amides is 1. The molecular formula is C13H15N3O2S. The van der Waals surface area contributed by atoms with E-state index >= 15 is 0 Å². The zero-order chi connectivity index (χ0) is 13.4. The molecule has 1 aromatic heterocycles. The third kappa shape index (κ3) is 2.23. The van der Waals surface area contributed by atoms with Gasteiger partial charge in [0.05, 0.1) is 5.56 Å². The minimum atomic E-state index is -0.777. The predicted molar refractivity (Wildman–Crippen MR) is 76.5 cm³/mol. The first-order valence-corrected chi connectivity index (χ1v) is 7.65. The molecule has 1 aliphatic rings. The first-order chi connectivity index (χ1) is 9.15. The molecule has 0 radical (unpaired) electrons. The fourth-order valence-corrected chi connectivity index (χ4v) is 3.38. The Hall–Kier alpha value is -1.82. The van der Waals surface area contributed by atoms with Crippen molar-refractivity contribution in [3.63, 3.8) is 0 Å². The van der Waals surface area contributed by atoms with Gasteiger partial charge in [-0.3, -0.25) is 9.00 Å². The summed E-state index contributed by atoms with van der Waals surface area (Å²) in [5.41, 5.74) is 7.94. The molecule has 1 amide bonds. The summed E-state index contributed by atoms with van der Waals surface area (Å²) in [4.78, 5) is 17.3. The molecule has 2 aromatic rings. The molecular weight excluding hydrogens is 262 g/mol. The van der Waals surface area contributed by atoms with Crippen LogP contribution in [0.3, 0.4) is 0 Å². The number of carbonyl (C=O) groups is 1. The van der Waals surface area contributed by atoms with Gasteiger partial charge in [0.15, 0.2) is 0 Å². The van der Waals surface area contributed by atoms with E-state index in [4.69, 9.17) is 5.73 Å². The summed E-state index contributed by atoms with van der Waals surface area (Å²) >= 11 is 0. The van der Waals surface area contributed by atoms with Crippen LogP contribution in [0.4, 0.5) is 5.69 Å². The molecule has 0 unspecified atom stereocenters. The van der Waals surface area contributed by atoms with Crippen molar-refractivity contribution in [3.8, 4) is 0 Å². The van der Waals surface area contributed by atoms with Crippen LogP contribution in [0.1, 0.15) is 10.4 Å². The molecule has 0 bridgehead atoms. The van der Waals surface area contributed by atoms with Crippen molar-refractivity contribution >= 4 is 33.3 Å². The number of fused-ring (bicyclic) bond motifs is 1. The van der Waals surface area contributed by atoms with Gasteiger partial charge in [0.1, 0.15) is 0 Å². The van der Waals surface area contributed by atoms with Crippen LogP contribution in [0.2, 0.25) is 0 Å². The second kappa shape index (κ2) is 4.70. The molecule has 0 atom stereocenters. The minimum absolute atomic E-state index is 0.0199. The lowest BCUT2D eigenvalue weighted by Crippen LogP contribution is -2.41. The third-order valence-electron chi connectivity index (χ3n) is 3.40. The van der Waals surface area contributed by atoms with E-state index in [1.165, 1.54) is 0 Å². The van der Waals surface area contributed by atoms with Crippen molar-refractivity contribution in [3.05, 3.63) is 30.0 Å². The molecule has 0 aliphatic carbocycles. The van der Waals surface area contributed by atoms with Gasteiger partial charge in [0.25, 0.3) is 5.91 Å². The lowest BCUT2D eigenvalue weighted by atomic mass is 10.1. The Bertz CT molecular complexity index is 655. The van der Waals surface area contributed by atoms with E-state index in [0.29, 0.717) is 35.8 Å². The highest BCUT2D eigenvalue weighted by atomic mass is 32.2. The first-order valence-electron chi connectivity index (χ1n) is 6.16. The van der Waals surface area contributed by atoms with Crippen LogP contribution in [-0.2, 0) is 10.8 Å². The van der Waals surface area contributed by atoms with E-state index in [1.807, 2.05) is 6.07 Å². The summed E-state index contributed by atoms with van der Waals surface area (Å²) in [7, 11) is -0.777. The van der Waals surface area contributed by atoms with E-state index in [9.17, 15) is 9.00 Å². The topological polar surface area (TPSA) is 79.2 Å². The van der Waals surface area contributed by atoms with Gasteiger partial charge in [0.2, 0.25) is 0 Å². The summed E-state index contributed by atoms with van der Waals surface area (Å²) in [5.74, 6) is 1.11. The highest BCUT2D eigenvalue weighted by Gasteiger charge is 2.23. The van der Waals surface area contributed by atoms with Gasteiger partial charge in [-0.2, -0.15) is 0 Å². The molecule has 0 spiro atoms. The maximum atomic E-state index is 12.5. The summed E-state index contributed by atoms with van der Waals surface area (Å²) in [6.45, 7) is 1.11. The van der Waals surface area contributed by atoms with Gasteiger partial charge in [-0.15, -0.1) is 0 Å². The lowest BCUT2D eigenvalue weighted by molar-refractivity contribution is 0.0773. The van der Waals surface area contributed by atoms with E-state index < -0.39 is 10.8 Å². The quantitative estimate of drug-likeness (QED) is 0.762. The molecule has 3 rings (SSSR count). The average molecular weight is 277 g/mol. The number of H-pyrrole nitrogens is 1. The lowest BCUT2D eigenvalue weighted by Gasteiger charge is -2.26. The highest BCUT2D eigenvalue weighted by Crippen LogP contribution is 2.22. The molecule has 6 heteroatoms. The number of benzene rings is 1. The summed E-state index contributed by atoms with van der Waals surface area (Å²) in [5, 5.41) is 0.844. The van der Waals surface area contributed by atoms with Gasteiger partial charge >= 0.3 is 0 Å². The van der Waals surface area contributed by atoms with Crippen molar-refractivity contribution in [1.29, 1.82) is 0 Å². The maximum absolute atomic E-state index is 12.5. The predicted octanol–water partition coefficient (Wildman–Crippen LogP) is 0.955. The number of nitrogens with one attached hydrogen (secondary N) is 1. The van der Waals surface area contributed by atoms with Gasteiger partial charge in [-0.1, -0.05) is 0 Å². The Morgan fingerprint density at radius 1 is 1.32 bits per heavy atom. The van der Waals surface area contributed by atoms with Crippen LogP contribution in [0.25, 0.3) is 10.9 Å². The number of rotatable bonds is 1. The highest BCUT2D eigenvalue weighted by molar-refractivity contribution is 7.85. The number of aromatic amines is 1. The number of nitrogens with two attached hydrogens (primary N) is 1. The Kier molecular flexibility index (Phi) is 3.02. The van der Waals surface area contributed by atoms with Crippen LogP contribution in [-0.4, -0.2) is 44.6 Å². The van der Waals surface area contributed by atoms with Crippen molar-refractivity contribution in [2.24, 2.45) is 0 Å². The maximum Gasteiger partial charge on any atom is 0.256 e. The minimum Gasteiger partial charge on any atom is -0.399 e. The number of hydrogen-bond donors (Lipinski definition) is 2. The summed E-state index contributed by atoms with van der Waals surface area (Å²) in [6, 6.07) is 5.48. The zero-order valence-electron chi connectivity index (χ0n) is 10.4. The monoisotopic (exact) mass is 277 g/mol. The average Bonchev–Trinajstić information content (AvgIpc) is 2.81. The zero-order valence-corrected chi connectivity index (χ0v) is 11.2. The third-order valence-corrected chi connectivity index (χ3v) is 4.68. The van der Waals surface area contributed by atoms with Gasteiger partial charge in [0, 0.05) is 58.2 Å². The van der Waals surface area contributed by atoms with E-state index in [0.717, 1.165) is 10.9 Å². The van der Waals surface area contributed by atoms with Gasteiger partial charge < -0.3 is 15.6 Å². The van der Waals surface area contributed by atoms with Crippen LogP contribution in [0, 0.1) is 0 Å². The van der Waals surface area contributed by atoms with Gasteiger partial charge in [-0.25, -0.2) is 0 Å². The smallest absolute Gasteiger partial charge is 0.256 e. The summed E-state index contributed by atoms with van der Waals surface area (Å²) in [6.07, 6.45) is 1.72. The van der Waals surface area contributed by atoms with E-state index in [-0.39, 0.29) is 5.91 Å². The number of carbonyl (C=O) groups excluding carboxylic acids is 1. The van der Waals surface area contributed by atoms with E-state index in [2.05, 4.69) is 4.98 Å². The number of nitrogens with zero attached hydrogens (tertiary/aromatic N) is 1. The second-order valence-corrected chi connectivity index (χ2v) is 6.34. The van der Waals surface area contributed by atoms with Crippen molar-refractivity contribution in [1.82, 2.24) is 9.88 Å². The normalized spacial score (nSPS) is 16.9. The van der Waals surface area contributed by atoms with Crippen molar-refractivity contribution < 1.29 is 9.00 Å². The second-order valence-electron chi connectivity index (χ2n) is 4.65. The van der Waals surface area contributed by atoms with Crippen LogP contribution in [0.5, 0.6) is 0 Å². The molecule has 1 fully saturated rings. The number of hydrogen-bond acceptors (Lipinski definition) is 3. The van der Waals surface area contributed by atoms with Crippen LogP contribution < -0.4 is 5.73 Å². The molecule has 0 saturated carbocycles. The molecule has 1 aromatic carbocycles. The van der Waals surface area contributed by atoms with E-state index in [1.54, 1.807) is 23.2 Å². The Labute approximate surface area is 113 Å². The SMILES string of the molecule is Nc1ccc2[nH]cc(C(=O)N3CCS(=O)CC3)c2c1. The van der Waals surface area contributed by atoms with Gasteiger partial charge in [-0.05, 0) is 18.2 Å². The fourth-order valence-electron chi connectivity index (χ4n) is 2.33. The molecule has 1 aliphatic heterocycles.